The molecule has 39 heavy (non-hydrogen) atoms. The smallest absolute Gasteiger partial charge is 0.335 e. The Balaban J connectivity index is 1.38. The fourth-order valence-electron chi connectivity index (χ4n) is 4.26. The molecule has 3 aromatic carbocycles. The Morgan fingerprint density at radius 1 is 0.872 bits per heavy atom. The van der Waals surface area contributed by atoms with Crippen LogP contribution in [-0.2, 0) is 24.4 Å². The number of benzene rings is 3. The number of para-hydroxylation sites is 1. The first-order valence-electron chi connectivity index (χ1n) is 12.9. The number of carboxylic acid groups (broad SMARTS) is 2. The first-order chi connectivity index (χ1) is 19.0. The van der Waals surface area contributed by atoms with E-state index >= 15 is 0 Å². The normalized spacial score (nSPS) is 11.0. The van der Waals surface area contributed by atoms with Crippen LogP contribution in [0.5, 0.6) is 5.75 Å². The molecule has 0 unspecified atom stereocenters. The monoisotopic (exact) mass is 544 g/mol. The maximum absolute atomic E-state index is 11.2. The molecule has 0 aliphatic carbocycles. The SMILES string of the molecule is O=C(O)CCCCN(CCc1ccccc1OCc1csc(-c2ccccc2)n1)Cc1ccc(C(=O)O)cc1. The van der Waals surface area contributed by atoms with E-state index in [1.54, 1.807) is 23.5 Å². The lowest BCUT2D eigenvalue weighted by Crippen LogP contribution is -2.27. The van der Waals surface area contributed by atoms with Gasteiger partial charge in [0, 0.05) is 30.5 Å². The average Bonchev–Trinajstić information content (AvgIpc) is 3.43. The molecule has 0 radical (unpaired) electrons. The lowest BCUT2D eigenvalue weighted by atomic mass is 10.1. The number of thiazole rings is 1. The summed E-state index contributed by atoms with van der Waals surface area (Å²) in [6.45, 7) is 2.54. The minimum Gasteiger partial charge on any atom is -0.487 e. The van der Waals surface area contributed by atoms with E-state index in [1.807, 2.05) is 66.0 Å². The molecule has 0 atom stereocenters. The molecule has 0 bridgehead atoms. The van der Waals surface area contributed by atoms with Crippen molar-refractivity contribution in [1.29, 1.82) is 0 Å². The van der Waals surface area contributed by atoms with Crippen LogP contribution in [0.3, 0.4) is 0 Å². The Kier molecular flexibility index (Phi) is 10.2. The second kappa shape index (κ2) is 14.2. The van der Waals surface area contributed by atoms with Crippen LogP contribution in [0.15, 0.2) is 84.2 Å². The summed E-state index contributed by atoms with van der Waals surface area (Å²) in [7, 11) is 0. The largest absolute Gasteiger partial charge is 0.487 e. The van der Waals surface area contributed by atoms with Gasteiger partial charge in [0.1, 0.15) is 17.4 Å². The summed E-state index contributed by atoms with van der Waals surface area (Å²) in [5.41, 5.74) is 4.34. The zero-order valence-corrected chi connectivity index (χ0v) is 22.5. The number of carboxylic acids is 2. The fraction of sp³-hybridized carbons (Fsp3) is 0.258. The van der Waals surface area contributed by atoms with E-state index in [-0.39, 0.29) is 12.0 Å². The quantitative estimate of drug-likeness (QED) is 0.167. The molecular weight excluding hydrogens is 512 g/mol. The zero-order chi connectivity index (χ0) is 27.5. The van der Waals surface area contributed by atoms with Gasteiger partial charge in [0.2, 0.25) is 0 Å². The number of nitrogens with zero attached hydrogens (tertiary/aromatic N) is 2. The van der Waals surface area contributed by atoms with E-state index in [0.717, 1.165) is 59.1 Å². The first kappa shape index (κ1) is 28.0. The summed E-state index contributed by atoms with van der Waals surface area (Å²) < 4.78 is 6.19. The summed E-state index contributed by atoms with van der Waals surface area (Å²) >= 11 is 1.60. The van der Waals surface area contributed by atoms with Gasteiger partial charge in [0.15, 0.2) is 0 Å². The van der Waals surface area contributed by atoms with Gasteiger partial charge in [-0.1, -0.05) is 60.7 Å². The van der Waals surface area contributed by atoms with Crippen molar-refractivity contribution in [2.75, 3.05) is 13.1 Å². The van der Waals surface area contributed by atoms with Gasteiger partial charge in [0.25, 0.3) is 0 Å². The summed E-state index contributed by atoms with van der Waals surface area (Å²) in [5.74, 6) is -0.908. The molecule has 0 spiro atoms. The Hall–Kier alpha value is -4.01. The van der Waals surface area contributed by atoms with Crippen LogP contribution in [-0.4, -0.2) is 45.1 Å². The van der Waals surface area contributed by atoms with E-state index in [4.69, 9.17) is 14.8 Å². The third-order valence-corrected chi connectivity index (χ3v) is 7.28. The highest BCUT2D eigenvalue weighted by Gasteiger charge is 2.12. The first-order valence-corrected chi connectivity index (χ1v) is 13.8. The van der Waals surface area contributed by atoms with E-state index in [0.29, 0.717) is 19.6 Å². The molecule has 0 aliphatic rings. The van der Waals surface area contributed by atoms with Crippen molar-refractivity contribution in [1.82, 2.24) is 9.88 Å². The topological polar surface area (TPSA) is 100.0 Å². The molecule has 8 heteroatoms. The average molecular weight is 545 g/mol. The van der Waals surface area contributed by atoms with Gasteiger partial charge in [-0.15, -0.1) is 11.3 Å². The number of aliphatic carboxylic acids is 1. The molecule has 0 fully saturated rings. The standard InChI is InChI=1S/C31H32N2O5S/c34-29(35)12-6-7-18-33(20-23-13-15-26(16-14-23)31(36)37)19-17-24-8-4-5-11-28(24)38-21-27-22-39-30(32-27)25-9-2-1-3-10-25/h1-5,8-11,13-16,22H,6-7,12,17-21H2,(H,34,35)(H,36,37). The highest BCUT2D eigenvalue weighted by Crippen LogP contribution is 2.25. The van der Waals surface area contributed by atoms with Crippen molar-refractivity contribution in [3.8, 4) is 16.3 Å². The van der Waals surface area contributed by atoms with E-state index in [2.05, 4.69) is 11.0 Å². The molecule has 1 heterocycles. The fourth-order valence-corrected chi connectivity index (χ4v) is 5.07. The summed E-state index contributed by atoms with van der Waals surface area (Å²) in [6, 6.07) is 25.0. The van der Waals surface area contributed by atoms with Gasteiger partial charge in [-0.25, -0.2) is 9.78 Å². The molecule has 4 aromatic rings. The van der Waals surface area contributed by atoms with Crippen LogP contribution in [0.25, 0.3) is 10.6 Å². The highest BCUT2D eigenvalue weighted by molar-refractivity contribution is 7.13. The van der Waals surface area contributed by atoms with Crippen LogP contribution < -0.4 is 4.74 Å². The predicted octanol–water partition coefficient (Wildman–Crippen LogP) is 6.39. The van der Waals surface area contributed by atoms with Gasteiger partial charge in [-0.05, 0) is 55.1 Å². The second-order valence-electron chi connectivity index (χ2n) is 9.29. The second-order valence-corrected chi connectivity index (χ2v) is 10.1. The molecule has 202 valence electrons. The van der Waals surface area contributed by atoms with Gasteiger partial charge >= 0.3 is 11.9 Å². The number of hydrogen-bond acceptors (Lipinski definition) is 6. The van der Waals surface area contributed by atoms with E-state index in [9.17, 15) is 14.7 Å². The Morgan fingerprint density at radius 3 is 2.36 bits per heavy atom. The van der Waals surface area contributed by atoms with Crippen LogP contribution in [0.2, 0.25) is 0 Å². The third-order valence-electron chi connectivity index (χ3n) is 6.34. The minimum atomic E-state index is -0.947. The lowest BCUT2D eigenvalue weighted by Gasteiger charge is -2.23. The van der Waals surface area contributed by atoms with Gasteiger partial charge < -0.3 is 14.9 Å². The summed E-state index contributed by atoms with van der Waals surface area (Å²) in [4.78, 5) is 29.1. The maximum atomic E-state index is 11.2. The van der Waals surface area contributed by atoms with Gasteiger partial charge in [0.05, 0.1) is 11.3 Å². The molecule has 2 N–H and O–H groups in total. The van der Waals surface area contributed by atoms with Crippen molar-refractivity contribution >= 4 is 23.3 Å². The molecular formula is C31H32N2O5S. The molecule has 0 saturated carbocycles. The minimum absolute atomic E-state index is 0.153. The van der Waals surface area contributed by atoms with E-state index in [1.165, 1.54) is 0 Å². The number of aromatic carboxylic acids is 1. The van der Waals surface area contributed by atoms with Crippen molar-refractivity contribution in [3.63, 3.8) is 0 Å². The summed E-state index contributed by atoms with van der Waals surface area (Å²) in [5, 5.41) is 21.2. The predicted molar refractivity (Wildman–Crippen MR) is 152 cm³/mol. The number of rotatable bonds is 15. The molecule has 1 aromatic heterocycles. The number of ether oxygens (including phenoxy) is 1. The summed E-state index contributed by atoms with van der Waals surface area (Å²) in [6.07, 6.45) is 2.29. The van der Waals surface area contributed by atoms with Crippen molar-refractivity contribution in [2.24, 2.45) is 0 Å². The Bertz CT molecular complexity index is 1350. The maximum Gasteiger partial charge on any atom is 0.335 e. The molecule has 0 aliphatic heterocycles. The Labute approximate surface area is 232 Å². The van der Waals surface area contributed by atoms with Crippen molar-refractivity contribution in [2.45, 2.75) is 38.8 Å². The molecule has 7 nitrogen and oxygen atoms in total. The number of hydrogen-bond donors (Lipinski definition) is 2. The molecule has 4 rings (SSSR count). The van der Waals surface area contributed by atoms with Crippen molar-refractivity contribution in [3.05, 3.63) is 107 Å². The van der Waals surface area contributed by atoms with Crippen LogP contribution in [0.1, 0.15) is 46.4 Å². The Morgan fingerprint density at radius 2 is 1.62 bits per heavy atom. The number of aromatic nitrogens is 1. The third kappa shape index (κ3) is 8.77. The number of carbonyl (C=O) groups is 2. The van der Waals surface area contributed by atoms with E-state index < -0.39 is 11.9 Å². The van der Waals surface area contributed by atoms with Crippen LogP contribution in [0, 0.1) is 0 Å². The zero-order valence-electron chi connectivity index (χ0n) is 21.7. The number of unbranched alkanes of at least 4 members (excludes halogenated alkanes) is 1. The molecule has 0 saturated heterocycles. The highest BCUT2D eigenvalue weighted by atomic mass is 32.1. The van der Waals surface area contributed by atoms with Gasteiger partial charge in [-0.3, -0.25) is 9.69 Å². The molecule has 0 amide bonds. The lowest BCUT2D eigenvalue weighted by molar-refractivity contribution is -0.137. The van der Waals surface area contributed by atoms with Crippen LogP contribution in [0.4, 0.5) is 0 Å². The van der Waals surface area contributed by atoms with Crippen molar-refractivity contribution < 1.29 is 24.5 Å². The van der Waals surface area contributed by atoms with Gasteiger partial charge in [-0.2, -0.15) is 0 Å². The van der Waals surface area contributed by atoms with Crippen LogP contribution >= 0.6 is 11.3 Å².